The van der Waals surface area contributed by atoms with Gasteiger partial charge in [-0.25, -0.2) is 0 Å². The smallest absolute Gasteiger partial charge is 0.197 e. The molecule has 0 aliphatic rings. The molecule has 3 rings (SSSR count). The first kappa shape index (κ1) is 20.5. The van der Waals surface area contributed by atoms with Crippen LogP contribution in [0.3, 0.4) is 0 Å². The van der Waals surface area contributed by atoms with Gasteiger partial charge < -0.3 is 4.74 Å². The minimum atomic E-state index is -0.257. The highest BCUT2D eigenvalue weighted by Crippen LogP contribution is 2.30. The van der Waals surface area contributed by atoms with Crippen LogP contribution in [0.15, 0.2) is 41.6 Å². The van der Waals surface area contributed by atoms with Crippen molar-refractivity contribution in [1.29, 1.82) is 5.26 Å². The first-order chi connectivity index (χ1) is 13.4. The highest BCUT2D eigenvalue weighted by atomic mass is 35.5. The predicted molar refractivity (Wildman–Crippen MR) is 113 cm³/mol. The summed E-state index contributed by atoms with van der Waals surface area (Å²) < 4.78 is 7.80. The maximum atomic E-state index is 9.19. The van der Waals surface area contributed by atoms with Crippen LogP contribution in [0, 0.1) is 25.2 Å². The van der Waals surface area contributed by atoms with E-state index in [1.165, 1.54) is 11.8 Å². The molecule has 0 saturated carbocycles. The molecule has 0 N–H and O–H groups in total. The number of aromatic nitrogens is 3. The van der Waals surface area contributed by atoms with E-state index in [-0.39, 0.29) is 11.9 Å². The number of nitriles is 1. The number of rotatable bonds is 6. The highest BCUT2D eigenvalue weighted by molar-refractivity contribution is 8.00. The molecular formula is C20H18Cl2N4OS. The van der Waals surface area contributed by atoms with E-state index in [4.69, 9.17) is 27.9 Å². The Kier molecular flexibility index (Phi) is 6.50. The summed E-state index contributed by atoms with van der Waals surface area (Å²) >= 11 is 13.5. The van der Waals surface area contributed by atoms with Gasteiger partial charge in [-0.1, -0.05) is 47.1 Å². The fraction of sp³-hybridized carbons (Fsp3) is 0.250. The van der Waals surface area contributed by atoms with Crippen LogP contribution in [0.1, 0.15) is 23.9 Å². The molecule has 1 aromatic heterocycles. The van der Waals surface area contributed by atoms with Crippen molar-refractivity contribution in [2.45, 2.75) is 37.8 Å². The van der Waals surface area contributed by atoms with Gasteiger partial charge in [-0.05, 0) is 56.2 Å². The molecule has 0 bridgehead atoms. The molecule has 1 atom stereocenters. The molecule has 1 heterocycles. The molecule has 5 nitrogen and oxygen atoms in total. The molecule has 0 fully saturated rings. The van der Waals surface area contributed by atoms with Gasteiger partial charge in [-0.15, -0.1) is 10.2 Å². The van der Waals surface area contributed by atoms with Crippen molar-refractivity contribution in [3.63, 3.8) is 0 Å². The third kappa shape index (κ3) is 4.61. The molecule has 3 aromatic rings. The number of halogens is 2. The van der Waals surface area contributed by atoms with Gasteiger partial charge in [0.05, 0.1) is 22.0 Å². The molecule has 0 radical (unpaired) electrons. The van der Waals surface area contributed by atoms with E-state index in [0.717, 1.165) is 16.8 Å². The Morgan fingerprint density at radius 2 is 1.96 bits per heavy atom. The molecule has 0 spiro atoms. The van der Waals surface area contributed by atoms with Crippen molar-refractivity contribution in [2.24, 2.45) is 0 Å². The fourth-order valence-corrected chi connectivity index (χ4v) is 3.82. The number of aryl methyl sites for hydroxylation is 2. The van der Waals surface area contributed by atoms with Gasteiger partial charge in [0.25, 0.3) is 0 Å². The summed E-state index contributed by atoms with van der Waals surface area (Å²) in [6.45, 7) is 6.05. The van der Waals surface area contributed by atoms with Crippen molar-refractivity contribution in [1.82, 2.24) is 14.8 Å². The second-order valence-corrected chi connectivity index (χ2v) is 8.43. The second kappa shape index (κ2) is 8.87. The third-order valence-corrected chi connectivity index (χ3v) is 5.49. The standard InChI is InChI=1S/C20H18Cl2N4OS/c1-12-4-5-13(2)17(8-12)26-19(24-25-20(26)28-14(3)10-23)11-27-18-7-6-15(21)9-16(18)22/h4-9,14H,11H2,1-3H3/t14-/m1/s1. The van der Waals surface area contributed by atoms with Crippen molar-refractivity contribution >= 4 is 35.0 Å². The number of thioether (sulfide) groups is 1. The number of nitrogens with zero attached hydrogens (tertiary/aromatic N) is 4. The van der Waals surface area contributed by atoms with Crippen LogP contribution in [0.5, 0.6) is 5.75 Å². The van der Waals surface area contributed by atoms with Crippen LogP contribution in [-0.4, -0.2) is 20.0 Å². The highest BCUT2D eigenvalue weighted by Gasteiger charge is 2.19. The number of ether oxygens (including phenoxy) is 1. The van der Waals surface area contributed by atoms with Crippen LogP contribution in [0.25, 0.3) is 5.69 Å². The Hall–Kier alpha value is -2.20. The Balaban J connectivity index is 1.99. The summed E-state index contributed by atoms with van der Waals surface area (Å²) in [5, 5.41) is 19.1. The molecule has 2 aromatic carbocycles. The summed E-state index contributed by atoms with van der Waals surface area (Å²) in [6.07, 6.45) is 0. The number of hydrogen-bond acceptors (Lipinski definition) is 5. The topological polar surface area (TPSA) is 63.7 Å². The van der Waals surface area contributed by atoms with E-state index in [9.17, 15) is 5.26 Å². The molecule has 0 saturated heterocycles. The van der Waals surface area contributed by atoms with Gasteiger partial charge >= 0.3 is 0 Å². The van der Waals surface area contributed by atoms with Crippen molar-refractivity contribution < 1.29 is 4.74 Å². The average Bonchev–Trinajstić information content (AvgIpc) is 3.05. The monoisotopic (exact) mass is 432 g/mol. The van der Waals surface area contributed by atoms with E-state index >= 15 is 0 Å². The quantitative estimate of drug-likeness (QED) is 0.462. The lowest BCUT2D eigenvalue weighted by atomic mass is 10.1. The molecule has 0 amide bonds. The Bertz CT molecular complexity index is 1050. The first-order valence-corrected chi connectivity index (χ1v) is 10.2. The van der Waals surface area contributed by atoms with E-state index in [1.54, 1.807) is 18.2 Å². The largest absolute Gasteiger partial charge is 0.484 e. The number of benzene rings is 2. The zero-order valence-electron chi connectivity index (χ0n) is 15.6. The average molecular weight is 433 g/mol. The lowest BCUT2D eigenvalue weighted by molar-refractivity contribution is 0.293. The zero-order chi connectivity index (χ0) is 20.3. The van der Waals surface area contributed by atoms with Crippen LogP contribution < -0.4 is 4.74 Å². The van der Waals surface area contributed by atoms with Crippen LogP contribution in [0.4, 0.5) is 0 Å². The third-order valence-electron chi connectivity index (χ3n) is 4.02. The van der Waals surface area contributed by atoms with Gasteiger partial charge in [-0.2, -0.15) is 5.26 Å². The lowest BCUT2D eigenvalue weighted by Gasteiger charge is -2.15. The van der Waals surface area contributed by atoms with Gasteiger partial charge in [0.1, 0.15) is 12.4 Å². The summed E-state index contributed by atoms with van der Waals surface area (Å²) in [5.41, 5.74) is 3.15. The van der Waals surface area contributed by atoms with Crippen molar-refractivity contribution in [3.8, 4) is 17.5 Å². The maximum absolute atomic E-state index is 9.19. The van der Waals surface area contributed by atoms with Crippen LogP contribution >= 0.6 is 35.0 Å². The molecule has 0 aliphatic carbocycles. The van der Waals surface area contributed by atoms with E-state index in [2.05, 4.69) is 28.4 Å². The summed E-state index contributed by atoms with van der Waals surface area (Å²) in [4.78, 5) is 0. The number of hydrogen-bond donors (Lipinski definition) is 0. The predicted octanol–water partition coefficient (Wildman–Crippen LogP) is 5.77. The Labute approximate surface area is 178 Å². The van der Waals surface area contributed by atoms with Gasteiger partial charge in [0.15, 0.2) is 11.0 Å². The van der Waals surface area contributed by atoms with E-state index in [0.29, 0.717) is 26.8 Å². The summed E-state index contributed by atoms with van der Waals surface area (Å²) in [6, 6.07) is 13.5. The second-order valence-electron chi connectivity index (χ2n) is 6.28. The summed E-state index contributed by atoms with van der Waals surface area (Å²) in [7, 11) is 0. The van der Waals surface area contributed by atoms with Crippen molar-refractivity contribution in [3.05, 3.63) is 63.4 Å². The van der Waals surface area contributed by atoms with Crippen LogP contribution in [-0.2, 0) is 6.61 Å². The SMILES string of the molecule is Cc1ccc(C)c(-n2c(COc3ccc(Cl)cc3Cl)nnc2S[C@H](C)C#N)c1. The van der Waals surface area contributed by atoms with E-state index < -0.39 is 0 Å². The fourth-order valence-electron chi connectivity index (χ4n) is 2.59. The molecule has 28 heavy (non-hydrogen) atoms. The molecule has 0 aliphatic heterocycles. The van der Waals surface area contributed by atoms with Crippen molar-refractivity contribution in [2.75, 3.05) is 0 Å². The molecule has 144 valence electrons. The van der Waals surface area contributed by atoms with Gasteiger partial charge in [0, 0.05) is 5.02 Å². The molecular weight excluding hydrogens is 415 g/mol. The van der Waals surface area contributed by atoms with Gasteiger partial charge in [0.2, 0.25) is 0 Å². The Morgan fingerprint density at radius 1 is 1.18 bits per heavy atom. The first-order valence-electron chi connectivity index (χ1n) is 8.55. The molecule has 0 unspecified atom stereocenters. The lowest BCUT2D eigenvalue weighted by Crippen LogP contribution is -2.09. The van der Waals surface area contributed by atoms with E-state index in [1.807, 2.05) is 31.4 Å². The maximum Gasteiger partial charge on any atom is 0.197 e. The molecule has 8 heteroatoms. The minimum Gasteiger partial charge on any atom is -0.484 e. The summed E-state index contributed by atoms with van der Waals surface area (Å²) in [5.74, 6) is 1.13. The van der Waals surface area contributed by atoms with Crippen LogP contribution in [0.2, 0.25) is 10.0 Å². The normalized spacial score (nSPS) is 11.9. The zero-order valence-corrected chi connectivity index (χ0v) is 17.9. The van der Waals surface area contributed by atoms with Gasteiger partial charge in [-0.3, -0.25) is 4.57 Å². The Morgan fingerprint density at radius 3 is 2.68 bits per heavy atom. The minimum absolute atomic E-state index is 0.170.